The third kappa shape index (κ3) is 2.15. The number of nitrogens with zero attached hydrogens (tertiary/aromatic N) is 1. The first-order chi connectivity index (χ1) is 8.24. The highest BCUT2D eigenvalue weighted by molar-refractivity contribution is 6.62. The first kappa shape index (κ1) is 13.4. The maximum Gasteiger partial charge on any atom is 0.496 e. The fourth-order valence-corrected chi connectivity index (χ4v) is 1.78. The second-order valence-corrected chi connectivity index (χ2v) is 5.39. The molecule has 1 aromatic heterocycles. The molecule has 0 bridgehead atoms. The molecule has 2 heterocycles. The van der Waals surface area contributed by atoms with Gasteiger partial charge in [-0.2, -0.15) is 0 Å². The highest BCUT2D eigenvalue weighted by Crippen LogP contribution is 2.37. The lowest BCUT2D eigenvalue weighted by Crippen LogP contribution is -2.41. The third-order valence-corrected chi connectivity index (χ3v) is 3.63. The summed E-state index contributed by atoms with van der Waals surface area (Å²) in [6, 6.07) is 1.30. The van der Waals surface area contributed by atoms with Gasteiger partial charge in [-0.25, -0.2) is 8.78 Å². The minimum atomic E-state index is -2.57. The van der Waals surface area contributed by atoms with Crippen LogP contribution in [0.2, 0.25) is 0 Å². The van der Waals surface area contributed by atoms with Crippen molar-refractivity contribution in [3.63, 3.8) is 0 Å². The van der Waals surface area contributed by atoms with Crippen LogP contribution in [0.1, 0.15) is 39.7 Å². The summed E-state index contributed by atoms with van der Waals surface area (Å²) >= 11 is 0. The van der Waals surface area contributed by atoms with E-state index in [1.807, 2.05) is 27.7 Å². The van der Waals surface area contributed by atoms with Crippen molar-refractivity contribution in [2.75, 3.05) is 0 Å². The van der Waals surface area contributed by atoms with Crippen LogP contribution in [0.5, 0.6) is 0 Å². The predicted octanol–water partition coefficient (Wildman–Crippen LogP) is 2.32. The SMILES string of the molecule is CC1(C)OB(c2cnccc2C(F)F)OC1(C)C. The zero-order valence-corrected chi connectivity index (χ0v) is 10.9. The van der Waals surface area contributed by atoms with Gasteiger partial charge in [-0.15, -0.1) is 0 Å². The van der Waals surface area contributed by atoms with Crippen LogP contribution >= 0.6 is 0 Å². The van der Waals surface area contributed by atoms with Crippen LogP contribution in [0.3, 0.4) is 0 Å². The van der Waals surface area contributed by atoms with Crippen molar-refractivity contribution in [3.8, 4) is 0 Å². The molecule has 0 atom stereocenters. The molecule has 0 saturated carbocycles. The summed E-state index contributed by atoms with van der Waals surface area (Å²) in [4.78, 5) is 3.87. The fourth-order valence-electron chi connectivity index (χ4n) is 1.78. The number of alkyl halides is 2. The minimum Gasteiger partial charge on any atom is -0.399 e. The minimum absolute atomic E-state index is 0.0940. The highest BCUT2D eigenvalue weighted by Gasteiger charge is 2.52. The first-order valence-corrected chi connectivity index (χ1v) is 5.82. The summed E-state index contributed by atoms with van der Waals surface area (Å²) in [5, 5.41) is 0. The van der Waals surface area contributed by atoms with Crippen LogP contribution in [0.15, 0.2) is 18.5 Å². The van der Waals surface area contributed by atoms with Crippen molar-refractivity contribution in [2.45, 2.75) is 45.3 Å². The van der Waals surface area contributed by atoms with E-state index in [1.165, 1.54) is 18.5 Å². The van der Waals surface area contributed by atoms with Crippen LogP contribution in [0.25, 0.3) is 0 Å². The van der Waals surface area contributed by atoms with Crippen molar-refractivity contribution >= 4 is 12.6 Å². The molecule has 98 valence electrons. The molecule has 1 saturated heterocycles. The Bertz CT molecular complexity index is 435. The van der Waals surface area contributed by atoms with Crippen LogP contribution in [-0.4, -0.2) is 23.3 Å². The lowest BCUT2D eigenvalue weighted by Gasteiger charge is -2.32. The Balaban J connectivity index is 2.35. The van der Waals surface area contributed by atoms with Gasteiger partial charge in [-0.3, -0.25) is 4.98 Å². The lowest BCUT2D eigenvalue weighted by molar-refractivity contribution is 0.00578. The monoisotopic (exact) mass is 255 g/mol. The van der Waals surface area contributed by atoms with E-state index in [1.54, 1.807) is 0 Å². The van der Waals surface area contributed by atoms with Gasteiger partial charge in [-0.1, -0.05) is 0 Å². The molecule has 18 heavy (non-hydrogen) atoms. The van der Waals surface area contributed by atoms with E-state index < -0.39 is 24.7 Å². The number of halogens is 2. The Morgan fingerprint density at radius 3 is 2.22 bits per heavy atom. The van der Waals surface area contributed by atoms with Gasteiger partial charge in [0.1, 0.15) is 0 Å². The molecule has 1 fully saturated rings. The van der Waals surface area contributed by atoms with Crippen LogP contribution < -0.4 is 5.46 Å². The lowest BCUT2D eigenvalue weighted by atomic mass is 9.77. The van der Waals surface area contributed by atoms with E-state index in [9.17, 15) is 8.78 Å². The van der Waals surface area contributed by atoms with Gasteiger partial charge in [0.05, 0.1) is 11.2 Å². The Labute approximate surface area is 106 Å². The van der Waals surface area contributed by atoms with Crippen LogP contribution in [0.4, 0.5) is 8.78 Å². The molecule has 0 radical (unpaired) electrons. The molecule has 2 rings (SSSR count). The molecular weight excluding hydrogens is 239 g/mol. The average molecular weight is 255 g/mol. The van der Waals surface area contributed by atoms with Crippen LogP contribution in [0, 0.1) is 0 Å². The van der Waals surface area contributed by atoms with Crippen LogP contribution in [-0.2, 0) is 9.31 Å². The molecule has 0 amide bonds. The number of aromatic nitrogens is 1. The van der Waals surface area contributed by atoms with Gasteiger partial charge in [0.2, 0.25) is 0 Å². The standard InChI is InChI=1S/C12H16BF2NO2/c1-11(2)12(3,4)18-13(17-11)9-7-16-6-5-8(9)10(14)15/h5-7,10H,1-4H3. The molecular formula is C12H16BF2NO2. The normalized spacial score (nSPS) is 21.6. The average Bonchev–Trinajstić information content (AvgIpc) is 2.48. The van der Waals surface area contributed by atoms with Gasteiger partial charge in [0.15, 0.2) is 0 Å². The number of hydrogen-bond donors (Lipinski definition) is 0. The summed E-state index contributed by atoms with van der Waals surface area (Å²) < 4.78 is 37.3. The quantitative estimate of drug-likeness (QED) is 0.760. The summed E-state index contributed by atoms with van der Waals surface area (Å²) in [6.45, 7) is 7.52. The number of rotatable bonds is 2. The van der Waals surface area contributed by atoms with Gasteiger partial charge >= 0.3 is 7.12 Å². The smallest absolute Gasteiger partial charge is 0.399 e. The van der Waals surface area contributed by atoms with Crippen molar-refractivity contribution in [1.82, 2.24) is 4.98 Å². The van der Waals surface area contributed by atoms with E-state index in [0.29, 0.717) is 5.46 Å². The van der Waals surface area contributed by atoms with Crippen molar-refractivity contribution in [1.29, 1.82) is 0 Å². The topological polar surface area (TPSA) is 31.4 Å². The van der Waals surface area contributed by atoms with E-state index in [-0.39, 0.29) is 5.56 Å². The molecule has 0 unspecified atom stereocenters. The molecule has 0 aliphatic carbocycles. The summed E-state index contributed by atoms with van der Waals surface area (Å²) in [7, 11) is -0.798. The summed E-state index contributed by atoms with van der Waals surface area (Å²) in [5.74, 6) is 0. The third-order valence-electron chi connectivity index (χ3n) is 3.63. The van der Waals surface area contributed by atoms with Crippen molar-refractivity contribution in [2.24, 2.45) is 0 Å². The van der Waals surface area contributed by atoms with Gasteiger partial charge in [0, 0.05) is 23.4 Å². The Morgan fingerprint density at radius 1 is 1.17 bits per heavy atom. The largest absolute Gasteiger partial charge is 0.496 e. The predicted molar refractivity (Wildman–Crippen MR) is 64.9 cm³/mol. The second kappa shape index (κ2) is 4.28. The second-order valence-electron chi connectivity index (χ2n) is 5.39. The highest BCUT2D eigenvalue weighted by atomic mass is 19.3. The molecule has 1 aromatic rings. The molecule has 6 heteroatoms. The molecule has 1 aliphatic heterocycles. The zero-order chi connectivity index (χ0) is 13.6. The zero-order valence-electron chi connectivity index (χ0n) is 10.9. The number of pyridine rings is 1. The molecule has 0 aromatic carbocycles. The van der Waals surface area contributed by atoms with E-state index in [2.05, 4.69) is 4.98 Å². The Kier molecular flexibility index (Phi) is 3.19. The molecule has 0 spiro atoms. The van der Waals surface area contributed by atoms with Gasteiger partial charge < -0.3 is 9.31 Å². The van der Waals surface area contributed by atoms with Gasteiger partial charge in [-0.05, 0) is 33.8 Å². The van der Waals surface area contributed by atoms with E-state index in [4.69, 9.17) is 9.31 Å². The Morgan fingerprint density at radius 2 is 1.72 bits per heavy atom. The Hall–Kier alpha value is -1.01. The molecule has 0 N–H and O–H groups in total. The maximum absolute atomic E-state index is 12.9. The molecule has 3 nitrogen and oxygen atoms in total. The maximum atomic E-state index is 12.9. The number of hydrogen-bond acceptors (Lipinski definition) is 3. The fraction of sp³-hybridized carbons (Fsp3) is 0.583. The van der Waals surface area contributed by atoms with E-state index in [0.717, 1.165) is 0 Å². The van der Waals surface area contributed by atoms with E-state index >= 15 is 0 Å². The molecule has 1 aliphatic rings. The summed E-state index contributed by atoms with van der Waals surface area (Å²) in [6.07, 6.45) is 0.155. The summed E-state index contributed by atoms with van der Waals surface area (Å²) in [5.41, 5.74) is -0.894. The van der Waals surface area contributed by atoms with Crippen molar-refractivity contribution < 1.29 is 18.1 Å². The van der Waals surface area contributed by atoms with Crippen molar-refractivity contribution in [3.05, 3.63) is 24.0 Å². The van der Waals surface area contributed by atoms with Gasteiger partial charge in [0.25, 0.3) is 6.43 Å². The first-order valence-electron chi connectivity index (χ1n) is 5.82.